The second-order valence-corrected chi connectivity index (χ2v) is 16.1. The summed E-state index contributed by atoms with van der Waals surface area (Å²) in [6, 6.07) is 16.5. The van der Waals surface area contributed by atoms with Gasteiger partial charge in [0.2, 0.25) is 0 Å². The first kappa shape index (κ1) is 35.7. The van der Waals surface area contributed by atoms with Crippen molar-refractivity contribution in [3.63, 3.8) is 0 Å². The summed E-state index contributed by atoms with van der Waals surface area (Å²) in [6.45, 7) is 17.3. The summed E-state index contributed by atoms with van der Waals surface area (Å²) < 4.78 is 38.7. The third-order valence-corrected chi connectivity index (χ3v) is 11.6. The molecule has 0 unspecified atom stereocenters. The molecule has 0 aliphatic carbocycles. The summed E-state index contributed by atoms with van der Waals surface area (Å²) in [4.78, 5) is 27.2. The SMILES string of the molecule is CC1(C)OB(c2ccc3c(c2)Oc2cc(B4OC(C)(C)C(C)(C)O4)ccc2C32OC(=O)c3ccc(C(=O)NCCCCCCN)cc32)OC1(C)C. The number of esters is 1. The van der Waals surface area contributed by atoms with Crippen LogP contribution in [0.1, 0.15) is 118 Å². The summed E-state index contributed by atoms with van der Waals surface area (Å²) in [5.41, 5.74) is 6.23. The Morgan fingerprint density at radius 3 is 1.69 bits per heavy atom. The van der Waals surface area contributed by atoms with Gasteiger partial charge in [0.1, 0.15) is 11.5 Å². The van der Waals surface area contributed by atoms with Gasteiger partial charge in [-0.15, -0.1) is 0 Å². The number of amides is 1. The number of hydrogen-bond donors (Lipinski definition) is 2. The lowest BCUT2D eigenvalue weighted by Gasteiger charge is -2.37. The van der Waals surface area contributed by atoms with E-state index < -0.39 is 48.2 Å². The van der Waals surface area contributed by atoms with Gasteiger partial charge in [0.15, 0.2) is 5.60 Å². The van der Waals surface area contributed by atoms with Crippen LogP contribution < -0.4 is 26.7 Å². The molecule has 7 rings (SSSR count). The molecular weight excluding hydrogens is 646 g/mol. The largest absolute Gasteiger partial charge is 0.494 e. The Kier molecular flexibility index (Phi) is 8.74. The predicted molar refractivity (Wildman–Crippen MR) is 196 cm³/mol. The van der Waals surface area contributed by atoms with Gasteiger partial charge in [-0.2, -0.15) is 0 Å². The number of benzene rings is 3. The molecule has 0 saturated carbocycles. The highest BCUT2D eigenvalue weighted by molar-refractivity contribution is 6.62. The Morgan fingerprint density at radius 1 is 0.667 bits per heavy atom. The summed E-state index contributed by atoms with van der Waals surface area (Å²) in [7, 11) is -1.28. The molecule has 10 nitrogen and oxygen atoms in total. The van der Waals surface area contributed by atoms with Gasteiger partial charge >= 0.3 is 20.2 Å². The topological polar surface area (TPSA) is 128 Å². The zero-order valence-electron chi connectivity index (χ0n) is 30.9. The lowest BCUT2D eigenvalue weighted by Crippen LogP contribution is -2.41. The first-order valence-electron chi connectivity index (χ1n) is 18.0. The van der Waals surface area contributed by atoms with E-state index in [9.17, 15) is 9.59 Å². The highest BCUT2D eigenvalue weighted by atomic mass is 16.7. The van der Waals surface area contributed by atoms with Gasteiger partial charge in [0.05, 0.1) is 28.0 Å². The average molecular weight is 694 g/mol. The molecule has 3 aromatic carbocycles. The summed E-state index contributed by atoms with van der Waals surface area (Å²) in [5.74, 6) is 0.258. The maximum Gasteiger partial charge on any atom is 0.494 e. The molecule has 4 heterocycles. The number of nitrogens with two attached hydrogens (primary N) is 1. The van der Waals surface area contributed by atoms with E-state index in [0.29, 0.717) is 52.4 Å². The number of carbonyl (C=O) groups excluding carboxylic acids is 2. The average Bonchev–Trinajstić information content (AvgIpc) is 3.58. The number of carbonyl (C=O) groups is 2. The molecule has 2 saturated heterocycles. The molecule has 51 heavy (non-hydrogen) atoms. The van der Waals surface area contributed by atoms with Crippen LogP contribution in [0.4, 0.5) is 0 Å². The maximum absolute atomic E-state index is 13.7. The fraction of sp³-hybridized carbons (Fsp3) is 0.487. The summed E-state index contributed by atoms with van der Waals surface area (Å²) in [6.07, 6.45) is 3.84. The molecule has 268 valence electrons. The zero-order valence-corrected chi connectivity index (χ0v) is 30.9. The molecule has 12 heteroatoms. The minimum absolute atomic E-state index is 0.217. The van der Waals surface area contributed by atoms with Crippen molar-refractivity contribution < 1.29 is 37.7 Å². The van der Waals surface area contributed by atoms with Gasteiger partial charge in [-0.1, -0.05) is 37.1 Å². The van der Waals surface area contributed by atoms with Crippen LogP contribution in [0.15, 0.2) is 54.6 Å². The van der Waals surface area contributed by atoms with E-state index in [0.717, 1.165) is 36.6 Å². The highest BCUT2D eigenvalue weighted by Gasteiger charge is 2.57. The van der Waals surface area contributed by atoms with E-state index in [1.54, 1.807) is 18.2 Å². The van der Waals surface area contributed by atoms with Gasteiger partial charge < -0.3 is 39.1 Å². The second-order valence-electron chi connectivity index (χ2n) is 16.1. The fourth-order valence-corrected chi connectivity index (χ4v) is 7.07. The molecule has 4 aliphatic rings. The molecule has 0 bridgehead atoms. The Hall–Kier alpha value is -3.67. The van der Waals surface area contributed by atoms with E-state index >= 15 is 0 Å². The van der Waals surface area contributed by atoms with Crippen molar-refractivity contribution in [1.82, 2.24) is 5.32 Å². The first-order chi connectivity index (χ1) is 24.0. The lowest BCUT2D eigenvalue weighted by molar-refractivity contribution is 0.00578. The molecule has 4 aliphatic heterocycles. The van der Waals surface area contributed by atoms with Crippen molar-refractivity contribution in [3.8, 4) is 11.5 Å². The van der Waals surface area contributed by atoms with Gasteiger partial charge in [0, 0.05) is 28.8 Å². The Balaban J connectivity index is 1.31. The van der Waals surface area contributed by atoms with Crippen molar-refractivity contribution >= 4 is 37.0 Å². The molecule has 1 spiro atoms. The third kappa shape index (κ3) is 5.89. The number of unbranched alkanes of at least 4 members (excludes halogenated alkanes) is 3. The van der Waals surface area contributed by atoms with Gasteiger partial charge in [-0.3, -0.25) is 4.79 Å². The first-order valence-corrected chi connectivity index (χ1v) is 18.0. The van der Waals surface area contributed by atoms with Crippen molar-refractivity contribution in [3.05, 3.63) is 82.4 Å². The predicted octanol–water partition coefficient (Wildman–Crippen LogP) is 5.10. The summed E-state index contributed by atoms with van der Waals surface area (Å²) >= 11 is 0. The van der Waals surface area contributed by atoms with E-state index in [-0.39, 0.29) is 5.91 Å². The van der Waals surface area contributed by atoms with Crippen LogP contribution in [0, 0.1) is 0 Å². The Morgan fingerprint density at radius 2 is 1.18 bits per heavy atom. The third-order valence-electron chi connectivity index (χ3n) is 11.6. The molecule has 3 N–H and O–H groups in total. The molecule has 1 amide bonds. The number of hydrogen-bond acceptors (Lipinski definition) is 9. The lowest BCUT2D eigenvalue weighted by atomic mass is 9.72. The second kappa shape index (κ2) is 12.5. The van der Waals surface area contributed by atoms with E-state index in [1.165, 1.54) is 0 Å². The number of rotatable bonds is 9. The van der Waals surface area contributed by atoms with E-state index in [2.05, 4.69) is 5.32 Å². The zero-order chi connectivity index (χ0) is 36.6. The van der Waals surface area contributed by atoms with Crippen LogP contribution in [-0.2, 0) is 29.0 Å². The van der Waals surface area contributed by atoms with Gasteiger partial charge in [-0.05, 0) is 116 Å². The minimum Gasteiger partial charge on any atom is -0.456 e. The molecular formula is C39H48B2N2O8. The van der Waals surface area contributed by atoms with Crippen molar-refractivity contribution in [2.45, 2.75) is 109 Å². The van der Waals surface area contributed by atoms with Gasteiger partial charge in [-0.25, -0.2) is 4.79 Å². The van der Waals surface area contributed by atoms with Crippen molar-refractivity contribution in [2.75, 3.05) is 13.1 Å². The fourth-order valence-electron chi connectivity index (χ4n) is 7.07. The van der Waals surface area contributed by atoms with Crippen molar-refractivity contribution in [2.24, 2.45) is 5.73 Å². The smallest absolute Gasteiger partial charge is 0.456 e. The minimum atomic E-state index is -1.39. The van der Waals surface area contributed by atoms with Crippen LogP contribution in [0.5, 0.6) is 11.5 Å². The standard InChI is InChI=1S/C39H48B2N2O8/c1-35(2)36(3,4)49-40(48-35)25-14-17-28-31(22-25)46-32-23-26(41-50-37(5,6)38(7,8)51-41)15-18-29(32)39(28)30-21-24(13-16-27(30)34(45)47-39)33(44)43-20-12-10-9-11-19-42/h13-18,21-23H,9-12,19-20,42H2,1-8H3,(H,43,44). The summed E-state index contributed by atoms with van der Waals surface area (Å²) in [5, 5.41) is 3.04. The molecule has 0 aromatic heterocycles. The number of fused-ring (bicyclic) bond motifs is 6. The normalized spacial score (nSPS) is 21.2. The van der Waals surface area contributed by atoms with Crippen LogP contribution in [0.2, 0.25) is 0 Å². The number of nitrogens with one attached hydrogen (secondary N) is 1. The van der Waals surface area contributed by atoms with Crippen molar-refractivity contribution in [1.29, 1.82) is 0 Å². The Bertz CT molecular complexity index is 1770. The molecule has 3 aromatic rings. The van der Waals surface area contributed by atoms with E-state index in [1.807, 2.05) is 91.8 Å². The molecule has 2 fully saturated rings. The quantitative estimate of drug-likeness (QED) is 0.179. The Labute approximate surface area is 301 Å². The van der Waals surface area contributed by atoms with Crippen LogP contribution in [0.25, 0.3) is 0 Å². The van der Waals surface area contributed by atoms with E-state index in [4.69, 9.17) is 33.8 Å². The monoisotopic (exact) mass is 694 g/mol. The van der Waals surface area contributed by atoms with Crippen LogP contribution in [-0.4, -0.2) is 61.6 Å². The van der Waals surface area contributed by atoms with Crippen LogP contribution in [0.3, 0.4) is 0 Å². The molecule has 0 atom stereocenters. The molecule has 0 radical (unpaired) electrons. The number of ether oxygens (including phenoxy) is 2. The maximum atomic E-state index is 13.7. The van der Waals surface area contributed by atoms with Gasteiger partial charge in [0.25, 0.3) is 5.91 Å². The highest BCUT2D eigenvalue weighted by Crippen LogP contribution is 2.56. The van der Waals surface area contributed by atoms with Crippen LogP contribution >= 0.6 is 0 Å².